The zero-order chi connectivity index (χ0) is 13.5. The van der Waals surface area contributed by atoms with Gasteiger partial charge in [0.1, 0.15) is 5.76 Å². The van der Waals surface area contributed by atoms with Gasteiger partial charge in [0.05, 0.1) is 18.8 Å². The van der Waals surface area contributed by atoms with Crippen LogP contribution in [0.25, 0.3) is 0 Å². The molecule has 0 saturated carbocycles. The Morgan fingerprint density at radius 1 is 1.33 bits per heavy atom. The molecule has 0 aliphatic rings. The van der Waals surface area contributed by atoms with Crippen LogP contribution in [0.4, 0.5) is 0 Å². The molecule has 0 radical (unpaired) electrons. The lowest BCUT2D eigenvalue weighted by molar-refractivity contribution is -0.123. The quantitative estimate of drug-likeness (QED) is 0.783. The summed E-state index contributed by atoms with van der Waals surface area (Å²) in [4.78, 5) is 11.8. The highest BCUT2D eigenvalue weighted by atomic mass is 16.3. The third-order valence-electron chi connectivity index (χ3n) is 2.77. The summed E-state index contributed by atoms with van der Waals surface area (Å²) in [5.74, 6) is 1.40. The lowest BCUT2D eigenvalue weighted by Crippen LogP contribution is -2.45. The number of rotatable bonds is 7. The summed E-state index contributed by atoms with van der Waals surface area (Å²) < 4.78 is 5.16. The number of hydrogen-bond acceptors (Lipinski definition) is 3. The molecule has 0 fully saturated rings. The summed E-state index contributed by atoms with van der Waals surface area (Å²) in [5, 5.41) is 6.15. The van der Waals surface area contributed by atoms with Gasteiger partial charge in [-0.1, -0.05) is 13.8 Å². The first-order chi connectivity index (χ1) is 8.49. The van der Waals surface area contributed by atoms with Crippen molar-refractivity contribution in [2.75, 3.05) is 0 Å². The number of carbonyl (C=O) groups excluding carboxylic acids is 1. The van der Waals surface area contributed by atoms with Gasteiger partial charge in [-0.2, -0.15) is 0 Å². The van der Waals surface area contributed by atoms with Crippen LogP contribution in [-0.4, -0.2) is 18.0 Å². The van der Waals surface area contributed by atoms with E-state index in [1.807, 2.05) is 19.1 Å². The number of amides is 1. The van der Waals surface area contributed by atoms with Crippen LogP contribution in [0.1, 0.15) is 39.9 Å². The molecule has 102 valence electrons. The van der Waals surface area contributed by atoms with E-state index < -0.39 is 0 Å². The molecule has 4 heteroatoms. The Morgan fingerprint density at radius 3 is 2.61 bits per heavy atom. The molecule has 1 aromatic rings. The van der Waals surface area contributed by atoms with Crippen LogP contribution in [-0.2, 0) is 11.3 Å². The molecule has 4 nitrogen and oxygen atoms in total. The predicted molar refractivity (Wildman–Crippen MR) is 72.1 cm³/mol. The molecule has 1 amide bonds. The highest BCUT2D eigenvalue weighted by Gasteiger charge is 2.15. The molecule has 1 rings (SSSR count). The first-order valence-corrected chi connectivity index (χ1v) is 6.55. The van der Waals surface area contributed by atoms with Crippen LogP contribution in [0.2, 0.25) is 0 Å². The minimum atomic E-state index is -0.186. The van der Waals surface area contributed by atoms with Crippen molar-refractivity contribution in [2.24, 2.45) is 5.92 Å². The van der Waals surface area contributed by atoms with Gasteiger partial charge in [-0.25, -0.2) is 0 Å². The molecule has 0 aliphatic carbocycles. The smallest absolute Gasteiger partial charge is 0.237 e. The number of nitrogens with one attached hydrogen (secondary N) is 2. The maximum absolute atomic E-state index is 11.8. The van der Waals surface area contributed by atoms with E-state index in [9.17, 15) is 4.79 Å². The SMILES string of the molecule is CC(C)CC(C)NC(C)C(=O)NCc1ccco1. The van der Waals surface area contributed by atoms with Crippen LogP contribution in [0, 0.1) is 5.92 Å². The zero-order valence-corrected chi connectivity index (χ0v) is 11.7. The van der Waals surface area contributed by atoms with Crippen molar-refractivity contribution in [2.45, 2.75) is 52.7 Å². The molecule has 0 aromatic carbocycles. The van der Waals surface area contributed by atoms with Crippen molar-refractivity contribution in [3.63, 3.8) is 0 Å². The third-order valence-corrected chi connectivity index (χ3v) is 2.77. The van der Waals surface area contributed by atoms with Crippen LogP contribution in [0.5, 0.6) is 0 Å². The molecule has 0 aliphatic heterocycles. The normalized spacial score (nSPS) is 14.5. The maximum Gasteiger partial charge on any atom is 0.237 e. The van der Waals surface area contributed by atoms with Gasteiger partial charge >= 0.3 is 0 Å². The average Bonchev–Trinajstić information content (AvgIpc) is 2.77. The molecule has 2 N–H and O–H groups in total. The summed E-state index contributed by atoms with van der Waals surface area (Å²) in [6, 6.07) is 3.82. The molecule has 0 spiro atoms. The predicted octanol–water partition coefficient (Wildman–Crippen LogP) is 2.31. The molecular weight excluding hydrogens is 228 g/mol. The Balaban J connectivity index is 2.28. The Labute approximate surface area is 109 Å². The zero-order valence-electron chi connectivity index (χ0n) is 11.7. The van der Waals surface area contributed by atoms with E-state index in [1.54, 1.807) is 6.26 Å². The second kappa shape index (κ2) is 7.21. The van der Waals surface area contributed by atoms with E-state index in [-0.39, 0.29) is 11.9 Å². The van der Waals surface area contributed by atoms with Gasteiger partial charge in [0.25, 0.3) is 0 Å². The molecular formula is C14H24N2O2. The molecule has 1 aromatic heterocycles. The highest BCUT2D eigenvalue weighted by Crippen LogP contribution is 2.05. The van der Waals surface area contributed by atoms with Crippen molar-refractivity contribution >= 4 is 5.91 Å². The van der Waals surface area contributed by atoms with Crippen LogP contribution in [0.15, 0.2) is 22.8 Å². The number of hydrogen-bond donors (Lipinski definition) is 2. The standard InChI is InChI=1S/C14H24N2O2/c1-10(2)8-11(3)16-12(4)14(17)15-9-13-6-5-7-18-13/h5-7,10-12,16H,8-9H2,1-4H3,(H,15,17). The van der Waals surface area contributed by atoms with Gasteiger partial charge in [-0.3, -0.25) is 4.79 Å². The fraction of sp³-hybridized carbons (Fsp3) is 0.643. The molecule has 1 heterocycles. The molecule has 2 unspecified atom stereocenters. The van der Waals surface area contributed by atoms with Crippen molar-refractivity contribution in [1.29, 1.82) is 0 Å². The summed E-state index contributed by atoms with van der Waals surface area (Å²) >= 11 is 0. The Kier molecular flexibility index (Phi) is 5.92. The van der Waals surface area contributed by atoms with Crippen LogP contribution >= 0.6 is 0 Å². The van der Waals surface area contributed by atoms with E-state index in [0.29, 0.717) is 18.5 Å². The topological polar surface area (TPSA) is 54.3 Å². The first kappa shape index (κ1) is 14.8. The van der Waals surface area contributed by atoms with Crippen molar-refractivity contribution in [1.82, 2.24) is 10.6 Å². The Hall–Kier alpha value is -1.29. The average molecular weight is 252 g/mol. The van der Waals surface area contributed by atoms with Crippen molar-refractivity contribution in [3.8, 4) is 0 Å². The lowest BCUT2D eigenvalue weighted by Gasteiger charge is -2.20. The largest absolute Gasteiger partial charge is 0.467 e. The second-order valence-electron chi connectivity index (χ2n) is 5.22. The van der Waals surface area contributed by atoms with E-state index in [2.05, 4.69) is 31.4 Å². The molecule has 0 bridgehead atoms. The number of carbonyl (C=O) groups is 1. The van der Waals surface area contributed by atoms with Gasteiger partial charge in [0.15, 0.2) is 0 Å². The summed E-state index contributed by atoms with van der Waals surface area (Å²) in [6.07, 6.45) is 2.67. The fourth-order valence-electron chi connectivity index (χ4n) is 2.02. The molecule has 2 atom stereocenters. The summed E-state index contributed by atoms with van der Waals surface area (Å²) in [6.45, 7) is 8.79. The van der Waals surface area contributed by atoms with Gasteiger partial charge in [-0.05, 0) is 38.3 Å². The van der Waals surface area contributed by atoms with E-state index in [1.165, 1.54) is 0 Å². The third kappa shape index (κ3) is 5.36. The van der Waals surface area contributed by atoms with E-state index in [0.717, 1.165) is 12.2 Å². The molecule has 18 heavy (non-hydrogen) atoms. The highest BCUT2D eigenvalue weighted by molar-refractivity contribution is 5.81. The van der Waals surface area contributed by atoms with Gasteiger partial charge in [0, 0.05) is 6.04 Å². The monoisotopic (exact) mass is 252 g/mol. The Morgan fingerprint density at radius 2 is 2.06 bits per heavy atom. The van der Waals surface area contributed by atoms with Crippen molar-refractivity contribution < 1.29 is 9.21 Å². The lowest BCUT2D eigenvalue weighted by atomic mass is 10.0. The maximum atomic E-state index is 11.8. The minimum absolute atomic E-state index is 0.00186. The minimum Gasteiger partial charge on any atom is -0.467 e. The second-order valence-corrected chi connectivity index (χ2v) is 5.22. The van der Waals surface area contributed by atoms with E-state index in [4.69, 9.17) is 4.42 Å². The summed E-state index contributed by atoms with van der Waals surface area (Å²) in [7, 11) is 0. The molecule has 0 saturated heterocycles. The van der Waals surface area contributed by atoms with Crippen LogP contribution in [0.3, 0.4) is 0 Å². The van der Waals surface area contributed by atoms with Crippen LogP contribution < -0.4 is 10.6 Å². The van der Waals surface area contributed by atoms with Gasteiger partial charge in [0.2, 0.25) is 5.91 Å². The van der Waals surface area contributed by atoms with Gasteiger partial charge < -0.3 is 15.1 Å². The Bertz CT molecular complexity index is 347. The van der Waals surface area contributed by atoms with Gasteiger partial charge in [-0.15, -0.1) is 0 Å². The van der Waals surface area contributed by atoms with Crippen molar-refractivity contribution in [3.05, 3.63) is 24.2 Å². The number of furan rings is 1. The van der Waals surface area contributed by atoms with E-state index >= 15 is 0 Å². The first-order valence-electron chi connectivity index (χ1n) is 6.55. The summed E-state index contributed by atoms with van der Waals surface area (Å²) in [5.41, 5.74) is 0. The fourth-order valence-corrected chi connectivity index (χ4v) is 2.02.